The lowest BCUT2D eigenvalue weighted by molar-refractivity contribution is -0.192. The van der Waals surface area contributed by atoms with Crippen molar-refractivity contribution in [2.75, 3.05) is 33.7 Å². The van der Waals surface area contributed by atoms with Crippen LogP contribution in [0.3, 0.4) is 0 Å². The highest BCUT2D eigenvalue weighted by molar-refractivity contribution is 7.12. The number of likely N-dealkylation sites (N-methyl/N-ethyl adjacent to an activating group) is 1. The van der Waals surface area contributed by atoms with Crippen molar-refractivity contribution < 1.29 is 32.7 Å². The number of nitrogens with zero attached hydrogens (tertiary/aromatic N) is 3. The highest BCUT2D eigenvalue weighted by Gasteiger charge is 2.44. The SMILES string of the molecule is CN(C)CCN1C(=O)CC[C@@H]2[C@H]1CCN2C(=O)c1cccs1.O=C(O)C(F)(F)F. The van der Waals surface area contributed by atoms with Crippen LogP contribution in [0.2, 0.25) is 0 Å². The molecule has 1 aromatic rings. The second-order valence-electron chi connectivity index (χ2n) is 7.13. The second kappa shape index (κ2) is 9.57. The summed E-state index contributed by atoms with van der Waals surface area (Å²) in [5.74, 6) is -2.38. The Balaban J connectivity index is 0.000000370. The van der Waals surface area contributed by atoms with Crippen molar-refractivity contribution in [2.24, 2.45) is 0 Å². The molecule has 0 bridgehead atoms. The number of hydrogen-bond acceptors (Lipinski definition) is 5. The van der Waals surface area contributed by atoms with Crippen molar-refractivity contribution in [3.63, 3.8) is 0 Å². The molecule has 7 nitrogen and oxygen atoms in total. The van der Waals surface area contributed by atoms with Gasteiger partial charge in [-0.3, -0.25) is 9.59 Å². The number of carbonyl (C=O) groups is 3. The first-order chi connectivity index (χ1) is 13.5. The van der Waals surface area contributed by atoms with Gasteiger partial charge in [-0.2, -0.15) is 13.2 Å². The number of likely N-dealkylation sites (tertiary alicyclic amines) is 2. The van der Waals surface area contributed by atoms with E-state index >= 15 is 0 Å². The van der Waals surface area contributed by atoms with Gasteiger partial charge in [-0.25, -0.2) is 4.79 Å². The molecule has 2 aliphatic heterocycles. The highest BCUT2D eigenvalue weighted by Crippen LogP contribution is 2.32. The minimum Gasteiger partial charge on any atom is -0.475 e. The van der Waals surface area contributed by atoms with Crippen LogP contribution < -0.4 is 0 Å². The number of thiophene rings is 1. The molecule has 2 aliphatic rings. The molecule has 0 spiro atoms. The molecule has 2 amide bonds. The lowest BCUT2D eigenvalue weighted by Crippen LogP contribution is -2.54. The van der Waals surface area contributed by atoms with E-state index in [1.807, 2.05) is 41.4 Å². The van der Waals surface area contributed by atoms with Crippen molar-refractivity contribution >= 4 is 29.1 Å². The molecule has 162 valence electrons. The molecule has 0 aliphatic carbocycles. The average molecular weight is 435 g/mol. The van der Waals surface area contributed by atoms with Crippen LogP contribution in [0.4, 0.5) is 13.2 Å². The van der Waals surface area contributed by atoms with E-state index in [4.69, 9.17) is 9.90 Å². The van der Waals surface area contributed by atoms with Gasteiger partial charge in [0, 0.05) is 26.1 Å². The maximum Gasteiger partial charge on any atom is 0.490 e. The molecule has 11 heteroatoms. The first-order valence-corrected chi connectivity index (χ1v) is 9.99. The smallest absolute Gasteiger partial charge is 0.475 e. The Labute approximate surface area is 170 Å². The van der Waals surface area contributed by atoms with E-state index in [0.717, 1.165) is 37.4 Å². The minimum absolute atomic E-state index is 0.129. The Bertz CT molecular complexity index is 724. The molecule has 1 aromatic heterocycles. The second-order valence-corrected chi connectivity index (χ2v) is 8.08. The summed E-state index contributed by atoms with van der Waals surface area (Å²) in [6, 6.07) is 4.19. The minimum atomic E-state index is -5.08. The predicted octanol–water partition coefficient (Wildman–Crippen LogP) is 2.15. The van der Waals surface area contributed by atoms with Gasteiger partial charge in [-0.15, -0.1) is 11.3 Å². The molecule has 0 saturated carbocycles. The molecule has 0 aromatic carbocycles. The zero-order valence-electron chi connectivity index (χ0n) is 16.2. The molecule has 2 atom stereocenters. The number of alkyl halides is 3. The summed E-state index contributed by atoms with van der Waals surface area (Å²) in [6.45, 7) is 2.39. The van der Waals surface area contributed by atoms with Crippen molar-refractivity contribution in [3.05, 3.63) is 22.4 Å². The number of carboxylic acid groups (broad SMARTS) is 1. The Morgan fingerprint density at radius 2 is 1.93 bits per heavy atom. The standard InChI is InChI=1S/C16H23N3O2S.C2HF3O2/c1-17(2)9-10-18-13-7-8-19(12(13)5-6-15(18)20)16(21)14-4-3-11-22-14;3-2(4,5)1(6)7/h3-4,11-13H,5-10H2,1-2H3;(H,6,7)/t12-,13-;/m1./s1. The third-order valence-corrected chi connectivity index (χ3v) is 5.77. The normalized spacial score (nSPS) is 21.7. The van der Waals surface area contributed by atoms with Crippen LogP contribution in [0.1, 0.15) is 28.9 Å². The topological polar surface area (TPSA) is 81.2 Å². The van der Waals surface area contributed by atoms with Gasteiger partial charge in [0.1, 0.15) is 0 Å². The van der Waals surface area contributed by atoms with Crippen LogP contribution in [0.15, 0.2) is 17.5 Å². The van der Waals surface area contributed by atoms with E-state index in [9.17, 15) is 22.8 Å². The van der Waals surface area contributed by atoms with Crippen LogP contribution in [0, 0.1) is 0 Å². The summed E-state index contributed by atoms with van der Waals surface area (Å²) in [6.07, 6.45) is -2.82. The number of carbonyl (C=O) groups excluding carboxylic acids is 2. The summed E-state index contributed by atoms with van der Waals surface area (Å²) < 4.78 is 31.7. The molecule has 2 fully saturated rings. The summed E-state index contributed by atoms with van der Waals surface area (Å²) in [5.41, 5.74) is 0. The fraction of sp³-hybridized carbons (Fsp3) is 0.611. The van der Waals surface area contributed by atoms with E-state index in [2.05, 4.69) is 4.90 Å². The summed E-state index contributed by atoms with van der Waals surface area (Å²) >= 11 is 1.49. The van der Waals surface area contributed by atoms with Crippen LogP contribution in [-0.4, -0.2) is 89.6 Å². The Morgan fingerprint density at radius 1 is 1.28 bits per heavy atom. The summed E-state index contributed by atoms with van der Waals surface area (Å²) in [5, 5.41) is 9.06. The molecule has 3 heterocycles. The maximum atomic E-state index is 12.6. The van der Waals surface area contributed by atoms with Gasteiger partial charge in [-0.05, 0) is 38.4 Å². The van der Waals surface area contributed by atoms with Gasteiger partial charge in [-0.1, -0.05) is 6.07 Å². The molecular formula is C18H24F3N3O4S. The lowest BCUT2D eigenvalue weighted by Gasteiger charge is -2.40. The van der Waals surface area contributed by atoms with Gasteiger partial charge in [0.2, 0.25) is 5.91 Å². The van der Waals surface area contributed by atoms with Gasteiger partial charge >= 0.3 is 12.1 Å². The van der Waals surface area contributed by atoms with E-state index in [1.54, 1.807) is 0 Å². The van der Waals surface area contributed by atoms with E-state index in [1.165, 1.54) is 11.3 Å². The van der Waals surface area contributed by atoms with E-state index in [-0.39, 0.29) is 23.9 Å². The number of fused-ring (bicyclic) bond motifs is 1. The molecule has 0 radical (unpaired) electrons. The first-order valence-electron chi connectivity index (χ1n) is 9.11. The van der Waals surface area contributed by atoms with Gasteiger partial charge in [0.05, 0.1) is 17.0 Å². The van der Waals surface area contributed by atoms with Crippen molar-refractivity contribution in [2.45, 2.75) is 37.5 Å². The number of hydrogen-bond donors (Lipinski definition) is 1. The summed E-state index contributed by atoms with van der Waals surface area (Å²) in [4.78, 5) is 40.7. The van der Waals surface area contributed by atoms with Crippen LogP contribution in [0.5, 0.6) is 0 Å². The summed E-state index contributed by atoms with van der Waals surface area (Å²) in [7, 11) is 4.04. The monoisotopic (exact) mass is 435 g/mol. The molecule has 1 N–H and O–H groups in total. The fourth-order valence-corrected chi connectivity index (χ4v) is 4.22. The van der Waals surface area contributed by atoms with Crippen molar-refractivity contribution in [3.8, 4) is 0 Å². The molecule has 29 heavy (non-hydrogen) atoms. The number of aliphatic carboxylic acids is 1. The highest BCUT2D eigenvalue weighted by atomic mass is 32.1. The molecule has 2 saturated heterocycles. The predicted molar refractivity (Wildman–Crippen MR) is 101 cm³/mol. The van der Waals surface area contributed by atoms with E-state index < -0.39 is 12.1 Å². The van der Waals surface area contributed by atoms with Crippen LogP contribution in [0.25, 0.3) is 0 Å². The third kappa shape index (κ3) is 5.92. The largest absolute Gasteiger partial charge is 0.490 e. The average Bonchev–Trinajstić information content (AvgIpc) is 3.29. The van der Waals surface area contributed by atoms with Crippen molar-refractivity contribution in [1.29, 1.82) is 0 Å². The number of rotatable bonds is 4. The zero-order valence-corrected chi connectivity index (χ0v) is 17.0. The molecule has 0 unspecified atom stereocenters. The van der Waals surface area contributed by atoms with Crippen LogP contribution in [-0.2, 0) is 9.59 Å². The number of piperidine rings is 1. The first kappa shape index (κ1) is 23.1. The number of halogens is 3. The fourth-order valence-electron chi connectivity index (χ4n) is 3.54. The Kier molecular flexibility index (Phi) is 7.64. The van der Waals surface area contributed by atoms with Crippen LogP contribution >= 0.6 is 11.3 Å². The Hall–Kier alpha value is -2.14. The molecular weight excluding hydrogens is 411 g/mol. The van der Waals surface area contributed by atoms with Crippen molar-refractivity contribution in [1.82, 2.24) is 14.7 Å². The lowest BCUT2D eigenvalue weighted by atomic mass is 9.96. The van der Waals surface area contributed by atoms with E-state index in [0.29, 0.717) is 6.42 Å². The molecule has 3 rings (SSSR count). The Morgan fingerprint density at radius 3 is 2.45 bits per heavy atom. The maximum absolute atomic E-state index is 12.6. The van der Waals surface area contributed by atoms with Gasteiger partial charge < -0.3 is 19.8 Å². The zero-order chi connectivity index (χ0) is 21.8. The van der Waals surface area contributed by atoms with Gasteiger partial charge in [0.25, 0.3) is 5.91 Å². The number of amides is 2. The quantitative estimate of drug-likeness (QED) is 0.784. The third-order valence-electron chi connectivity index (χ3n) is 4.91. The van der Waals surface area contributed by atoms with Gasteiger partial charge in [0.15, 0.2) is 0 Å². The number of carboxylic acids is 1.